The summed E-state index contributed by atoms with van der Waals surface area (Å²) in [5.74, 6) is 0.395. The molecular weight excluding hydrogens is 318 g/mol. The number of anilines is 1. The van der Waals surface area contributed by atoms with E-state index in [1.54, 1.807) is 11.0 Å². The van der Waals surface area contributed by atoms with E-state index in [0.29, 0.717) is 25.3 Å². The van der Waals surface area contributed by atoms with E-state index >= 15 is 0 Å². The zero-order valence-electron chi connectivity index (χ0n) is 15.6. The van der Waals surface area contributed by atoms with Gasteiger partial charge in [-0.05, 0) is 44.9 Å². The van der Waals surface area contributed by atoms with Crippen LogP contribution in [0.1, 0.15) is 46.7 Å². The number of nitrogens with zero attached hydrogens (tertiary/aromatic N) is 2. The molecule has 1 aromatic heterocycles. The van der Waals surface area contributed by atoms with Crippen molar-refractivity contribution in [1.82, 2.24) is 9.88 Å². The molecule has 0 unspecified atom stereocenters. The summed E-state index contributed by atoms with van der Waals surface area (Å²) in [6, 6.07) is 5.57. The second-order valence-corrected chi connectivity index (χ2v) is 7.46. The second-order valence-electron chi connectivity index (χ2n) is 7.46. The summed E-state index contributed by atoms with van der Waals surface area (Å²) in [5, 5.41) is 2.81. The van der Waals surface area contributed by atoms with Crippen LogP contribution < -0.4 is 5.32 Å². The number of carbonyl (C=O) groups excluding carboxylic acids is 2. The van der Waals surface area contributed by atoms with Gasteiger partial charge >= 0.3 is 6.09 Å². The molecule has 2 heterocycles. The van der Waals surface area contributed by atoms with Crippen LogP contribution in [0.15, 0.2) is 24.3 Å². The minimum atomic E-state index is -0.494. The van der Waals surface area contributed by atoms with Crippen LogP contribution in [0, 0.1) is 5.92 Å². The first kappa shape index (κ1) is 19.0. The number of pyridine rings is 1. The standard InChI is InChI=1S/C19H27N3O3/c1-13(2)17(23)21-16-8-6-7-15(20-16)14-9-11-22(12-10-14)18(24)25-19(3,4)5/h6-9,13H,10-12H2,1-5H3,(H,20,21,23). The predicted molar refractivity (Wildman–Crippen MR) is 98.1 cm³/mol. The van der Waals surface area contributed by atoms with E-state index in [1.807, 2.05) is 52.8 Å². The molecule has 0 saturated heterocycles. The van der Waals surface area contributed by atoms with Crippen molar-refractivity contribution in [2.75, 3.05) is 18.4 Å². The van der Waals surface area contributed by atoms with Crippen LogP contribution in [0.2, 0.25) is 0 Å². The average Bonchev–Trinajstić information content (AvgIpc) is 2.53. The molecular formula is C19H27N3O3. The summed E-state index contributed by atoms with van der Waals surface area (Å²) in [4.78, 5) is 30.1. The first-order valence-corrected chi connectivity index (χ1v) is 8.61. The molecule has 0 bridgehead atoms. The summed E-state index contributed by atoms with van der Waals surface area (Å²) < 4.78 is 5.40. The SMILES string of the molecule is CC(C)C(=O)Nc1cccc(C2=CCN(C(=O)OC(C)(C)C)CC2)n1. The highest BCUT2D eigenvalue weighted by Gasteiger charge is 2.24. The van der Waals surface area contributed by atoms with E-state index < -0.39 is 5.60 Å². The number of rotatable bonds is 3. The smallest absolute Gasteiger partial charge is 0.410 e. The number of hydrogen-bond acceptors (Lipinski definition) is 4. The molecule has 0 atom stereocenters. The van der Waals surface area contributed by atoms with Gasteiger partial charge in [-0.1, -0.05) is 26.0 Å². The lowest BCUT2D eigenvalue weighted by Gasteiger charge is -2.29. The number of hydrogen-bond donors (Lipinski definition) is 1. The third-order valence-electron chi connectivity index (χ3n) is 3.71. The van der Waals surface area contributed by atoms with Gasteiger partial charge in [0.1, 0.15) is 11.4 Å². The Bertz CT molecular complexity index is 675. The highest BCUT2D eigenvalue weighted by Crippen LogP contribution is 2.23. The number of carbonyl (C=O) groups is 2. The molecule has 0 aliphatic carbocycles. The second kappa shape index (κ2) is 7.68. The third kappa shape index (κ3) is 5.59. The molecule has 0 aromatic carbocycles. The molecule has 2 rings (SSSR count). The highest BCUT2D eigenvalue weighted by molar-refractivity contribution is 5.91. The van der Waals surface area contributed by atoms with Gasteiger partial charge < -0.3 is 15.0 Å². The highest BCUT2D eigenvalue weighted by atomic mass is 16.6. The van der Waals surface area contributed by atoms with Crippen molar-refractivity contribution in [2.24, 2.45) is 5.92 Å². The Hall–Kier alpha value is -2.37. The van der Waals surface area contributed by atoms with Crippen LogP contribution in [0.25, 0.3) is 5.57 Å². The molecule has 1 aliphatic rings. The van der Waals surface area contributed by atoms with Gasteiger partial charge in [0.15, 0.2) is 0 Å². The Morgan fingerprint density at radius 3 is 2.56 bits per heavy atom. The van der Waals surface area contributed by atoms with Gasteiger partial charge in [-0.15, -0.1) is 0 Å². The van der Waals surface area contributed by atoms with Gasteiger partial charge in [-0.3, -0.25) is 4.79 Å². The summed E-state index contributed by atoms with van der Waals surface area (Å²) >= 11 is 0. The van der Waals surface area contributed by atoms with E-state index in [-0.39, 0.29) is 17.9 Å². The Labute approximate surface area is 149 Å². The quantitative estimate of drug-likeness (QED) is 0.907. The fourth-order valence-electron chi connectivity index (χ4n) is 2.35. The van der Waals surface area contributed by atoms with Crippen molar-refractivity contribution >= 4 is 23.4 Å². The number of amides is 2. The lowest BCUT2D eigenvalue weighted by atomic mass is 10.0. The van der Waals surface area contributed by atoms with Crippen molar-refractivity contribution in [2.45, 2.75) is 46.6 Å². The largest absolute Gasteiger partial charge is 0.444 e. The van der Waals surface area contributed by atoms with Crippen LogP contribution in [-0.2, 0) is 9.53 Å². The van der Waals surface area contributed by atoms with Crippen molar-refractivity contribution in [3.63, 3.8) is 0 Å². The molecule has 6 heteroatoms. The maximum atomic E-state index is 12.1. The molecule has 1 aromatic rings. The maximum Gasteiger partial charge on any atom is 0.410 e. The van der Waals surface area contributed by atoms with Crippen molar-refractivity contribution in [1.29, 1.82) is 0 Å². The molecule has 2 amide bonds. The Morgan fingerprint density at radius 1 is 1.28 bits per heavy atom. The van der Waals surface area contributed by atoms with Gasteiger partial charge in [-0.2, -0.15) is 0 Å². The van der Waals surface area contributed by atoms with Crippen molar-refractivity contribution < 1.29 is 14.3 Å². The Balaban J connectivity index is 2.04. The molecule has 1 aliphatic heterocycles. The van der Waals surface area contributed by atoms with Crippen molar-refractivity contribution in [3.8, 4) is 0 Å². The van der Waals surface area contributed by atoms with E-state index in [1.165, 1.54) is 0 Å². The normalized spacial score (nSPS) is 15.0. The zero-order valence-corrected chi connectivity index (χ0v) is 15.6. The summed E-state index contributed by atoms with van der Waals surface area (Å²) in [6.07, 6.45) is 2.39. The number of aromatic nitrogens is 1. The van der Waals surface area contributed by atoms with Crippen LogP contribution >= 0.6 is 0 Å². The van der Waals surface area contributed by atoms with Crippen LogP contribution in [0.4, 0.5) is 10.6 Å². The molecule has 0 saturated carbocycles. The fraction of sp³-hybridized carbons (Fsp3) is 0.526. The Kier molecular flexibility index (Phi) is 5.82. The third-order valence-corrected chi connectivity index (χ3v) is 3.71. The van der Waals surface area contributed by atoms with Gasteiger partial charge in [0.05, 0.1) is 5.69 Å². The number of ether oxygens (including phenoxy) is 1. The summed E-state index contributed by atoms with van der Waals surface area (Å²) in [5.41, 5.74) is 1.40. The molecule has 0 radical (unpaired) electrons. The molecule has 0 spiro atoms. The Morgan fingerprint density at radius 2 is 2.00 bits per heavy atom. The van der Waals surface area contributed by atoms with E-state index in [9.17, 15) is 9.59 Å². The molecule has 136 valence electrons. The minimum Gasteiger partial charge on any atom is -0.444 e. The summed E-state index contributed by atoms with van der Waals surface area (Å²) in [6.45, 7) is 10.3. The lowest BCUT2D eigenvalue weighted by molar-refractivity contribution is -0.118. The van der Waals surface area contributed by atoms with E-state index in [4.69, 9.17) is 4.74 Å². The van der Waals surface area contributed by atoms with Gasteiger partial charge in [0, 0.05) is 19.0 Å². The first-order valence-electron chi connectivity index (χ1n) is 8.61. The molecule has 6 nitrogen and oxygen atoms in total. The van der Waals surface area contributed by atoms with E-state index in [2.05, 4.69) is 10.3 Å². The average molecular weight is 345 g/mol. The van der Waals surface area contributed by atoms with Crippen LogP contribution in [-0.4, -0.2) is 40.6 Å². The van der Waals surface area contributed by atoms with Crippen LogP contribution in [0.3, 0.4) is 0 Å². The molecule has 0 fully saturated rings. The monoisotopic (exact) mass is 345 g/mol. The van der Waals surface area contributed by atoms with Gasteiger partial charge in [-0.25, -0.2) is 9.78 Å². The summed E-state index contributed by atoms with van der Waals surface area (Å²) in [7, 11) is 0. The topological polar surface area (TPSA) is 71.5 Å². The zero-order chi connectivity index (χ0) is 18.6. The predicted octanol–water partition coefficient (Wildman–Crippen LogP) is 3.70. The lowest BCUT2D eigenvalue weighted by Crippen LogP contribution is -2.39. The van der Waals surface area contributed by atoms with Crippen molar-refractivity contribution in [3.05, 3.63) is 30.0 Å². The number of nitrogens with one attached hydrogen (secondary N) is 1. The van der Waals surface area contributed by atoms with Gasteiger partial charge in [0.2, 0.25) is 5.91 Å². The first-order chi connectivity index (χ1) is 11.7. The fourth-order valence-corrected chi connectivity index (χ4v) is 2.35. The molecule has 25 heavy (non-hydrogen) atoms. The maximum absolute atomic E-state index is 12.1. The van der Waals surface area contributed by atoms with Gasteiger partial charge in [0.25, 0.3) is 0 Å². The minimum absolute atomic E-state index is 0.0571. The van der Waals surface area contributed by atoms with E-state index in [0.717, 1.165) is 11.3 Å². The van der Waals surface area contributed by atoms with Crippen LogP contribution in [0.5, 0.6) is 0 Å². The molecule has 1 N–H and O–H groups in total.